The van der Waals surface area contributed by atoms with Crippen LogP contribution in [0.4, 0.5) is 0 Å². The van der Waals surface area contributed by atoms with Crippen LogP contribution in [0.15, 0.2) is 12.4 Å². The van der Waals surface area contributed by atoms with Crippen molar-refractivity contribution in [3.8, 4) is 0 Å². The SMILES string of the molecule is O=C1CC(N2CCC(n3nccn3)CC2)C(=O)N1C1CCOCC1. The summed E-state index contributed by atoms with van der Waals surface area (Å²) in [5, 5.41) is 8.42. The van der Waals surface area contributed by atoms with Gasteiger partial charge in [0, 0.05) is 32.3 Å². The molecule has 3 fully saturated rings. The fourth-order valence-electron chi connectivity index (χ4n) is 4.09. The first-order valence-electron chi connectivity index (χ1n) is 8.77. The van der Waals surface area contributed by atoms with Crippen LogP contribution in [0.1, 0.15) is 38.1 Å². The zero-order chi connectivity index (χ0) is 16.5. The lowest BCUT2D eigenvalue weighted by Crippen LogP contribution is -2.49. The van der Waals surface area contributed by atoms with Crippen LogP contribution in [0.3, 0.4) is 0 Å². The summed E-state index contributed by atoms with van der Waals surface area (Å²) in [6.45, 7) is 2.87. The summed E-state index contributed by atoms with van der Waals surface area (Å²) in [7, 11) is 0. The first-order valence-corrected chi connectivity index (χ1v) is 8.77. The number of nitrogens with zero attached hydrogens (tertiary/aromatic N) is 5. The van der Waals surface area contributed by atoms with Gasteiger partial charge in [-0.2, -0.15) is 15.0 Å². The van der Waals surface area contributed by atoms with Gasteiger partial charge < -0.3 is 4.74 Å². The first-order chi connectivity index (χ1) is 11.7. The number of rotatable bonds is 3. The normalized spacial score (nSPS) is 28.0. The summed E-state index contributed by atoms with van der Waals surface area (Å²) < 4.78 is 5.35. The first kappa shape index (κ1) is 15.7. The zero-order valence-corrected chi connectivity index (χ0v) is 13.7. The van der Waals surface area contributed by atoms with Gasteiger partial charge in [0.2, 0.25) is 11.8 Å². The van der Waals surface area contributed by atoms with Crippen molar-refractivity contribution in [1.29, 1.82) is 0 Å². The van der Waals surface area contributed by atoms with Crippen molar-refractivity contribution in [3.05, 3.63) is 12.4 Å². The Morgan fingerprint density at radius 1 is 0.958 bits per heavy atom. The van der Waals surface area contributed by atoms with E-state index >= 15 is 0 Å². The van der Waals surface area contributed by atoms with Crippen LogP contribution in [-0.2, 0) is 14.3 Å². The van der Waals surface area contributed by atoms with Gasteiger partial charge in [0.25, 0.3) is 0 Å². The van der Waals surface area contributed by atoms with Crippen LogP contribution < -0.4 is 0 Å². The van der Waals surface area contributed by atoms with E-state index in [1.54, 1.807) is 17.2 Å². The third kappa shape index (κ3) is 2.84. The molecule has 0 saturated carbocycles. The molecule has 8 heteroatoms. The molecule has 1 aromatic heterocycles. The van der Waals surface area contributed by atoms with E-state index in [1.165, 1.54) is 4.90 Å². The molecule has 0 aliphatic carbocycles. The van der Waals surface area contributed by atoms with Gasteiger partial charge in [-0.3, -0.25) is 19.4 Å². The van der Waals surface area contributed by atoms with Gasteiger partial charge in [0.05, 0.1) is 30.9 Å². The molecule has 3 aliphatic heterocycles. The summed E-state index contributed by atoms with van der Waals surface area (Å²) in [4.78, 5) is 30.7. The summed E-state index contributed by atoms with van der Waals surface area (Å²) in [5.41, 5.74) is 0. The van der Waals surface area contributed by atoms with Crippen molar-refractivity contribution < 1.29 is 14.3 Å². The Hall–Kier alpha value is -1.80. The largest absolute Gasteiger partial charge is 0.381 e. The number of amides is 2. The standard InChI is InChI=1S/C16H23N5O3/c22-15-11-14(16(23)20(15)12-3-9-24-10-4-12)19-7-1-13(2-8-19)21-17-5-6-18-21/h5-6,12-14H,1-4,7-11H2. The summed E-state index contributed by atoms with van der Waals surface area (Å²) in [6.07, 6.45) is 7.04. The number of ether oxygens (including phenoxy) is 1. The van der Waals surface area contributed by atoms with Crippen LogP contribution in [0.5, 0.6) is 0 Å². The van der Waals surface area contributed by atoms with E-state index < -0.39 is 0 Å². The highest BCUT2D eigenvalue weighted by Crippen LogP contribution is 2.29. The van der Waals surface area contributed by atoms with E-state index in [0.717, 1.165) is 38.8 Å². The van der Waals surface area contributed by atoms with E-state index in [0.29, 0.717) is 19.6 Å². The molecule has 3 aliphatic rings. The Labute approximate surface area is 140 Å². The number of carbonyl (C=O) groups excluding carboxylic acids is 2. The molecule has 4 rings (SSSR count). The second-order valence-electron chi connectivity index (χ2n) is 6.78. The van der Waals surface area contributed by atoms with Gasteiger partial charge in [-0.1, -0.05) is 0 Å². The van der Waals surface area contributed by atoms with Crippen LogP contribution in [-0.4, -0.2) is 75.0 Å². The molecular formula is C16H23N5O3. The molecule has 4 heterocycles. The van der Waals surface area contributed by atoms with Crippen LogP contribution in [0.2, 0.25) is 0 Å². The lowest BCUT2D eigenvalue weighted by molar-refractivity contribution is -0.144. The Bertz CT molecular complexity index is 591. The second-order valence-corrected chi connectivity index (χ2v) is 6.78. The lowest BCUT2D eigenvalue weighted by atomic mass is 10.0. The molecule has 0 bridgehead atoms. The predicted octanol–water partition coefficient (Wildman–Crippen LogP) is 0.222. The monoisotopic (exact) mass is 333 g/mol. The highest BCUT2D eigenvalue weighted by atomic mass is 16.5. The molecule has 8 nitrogen and oxygen atoms in total. The fourth-order valence-corrected chi connectivity index (χ4v) is 4.09. The summed E-state index contributed by atoms with van der Waals surface area (Å²) in [5.74, 6) is -0.0321. The average Bonchev–Trinajstić information content (AvgIpc) is 3.24. The van der Waals surface area contributed by atoms with E-state index in [2.05, 4.69) is 15.1 Å². The van der Waals surface area contributed by atoms with Crippen LogP contribution >= 0.6 is 0 Å². The lowest BCUT2D eigenvalue weighted by Gasteiger charge is -2.35. The molecule has 0 radical (unpaired) electrons. The minimum absolute atomic E-state index is 0.0115. The van der Waals surface area contributed by atoms with Gasteiger partial charge in [-0.05, 0) is 25.7 Å². The molecular weight excluding hydrogens is 310 g/mol. The van der Waals surface area contributed by atoms with Gasteiger partial charge >= 0.3 is 0 Å². The zero-order valence-electron chi connectivity index (χ0n) is 13.7. The number of hydrogen-bond acceptors (Lipinski definition) is 6. The number of likely N-dealkylation sites (tertiary alicyclic amines) is 2. The van der Waals surface area contributed by atoms with E-state index in [4.69, 9.17) is 4.74 Å². The number of aromatic nitrogens is 3. The molecule has 2 amide bonds. The van der Waals surface area contributed by atoms with Crippen LogP contribution in [0, 0.1) is 0 Å². The molecule has 0 aromatic carbocycles. The van der Waals surface area contributed by atoms with E-state index in [-0.39, 0.29) is 29.9 Å². The molecule has 1 aromatic rings. The fraction of sp³-hybridized carbons (Fsp3) is 0.750. The maximum absolute atomic E-state index is 12.8. The molecule has 1 unspecified atom stereocenters. The Balaban J connectivity index is 1.38. The van der Waals surface area contributed by atoms with Crippen LogP contribution in [0.25, 0.3) is 0 Å². The van der Waals surface area contributed by atoms with Gasteiger partial charge in [0.1, 0.15) is 0 Å². The number of imide groups is 1. The summed E-state index contributed by atoms with van der Waals surface area (Å²) in [6, 6.07) is 0.0245. The van der Waals surface area contributed by atoms with Crippen molar-refractivity contribution in [3.63, 3.8) is 0 Å². The number of hydrogen-bond donors (Lipinski definition) is 0. The molecule has 0 N–H and O–H groups in total. The minimum atomic E-state index is -0.285. The van der Waals surface area contributed by atoms with Gasteiger partial charge in [-0.25, -0.2) is 0 Å². The molecule has 0 spiro atoms. The Morgan fingerprint density at radius 3 is 2.29 bits per heavy atom. The Kier molecular flexibility index (Phi) is 4.32. The van der Waals surface area contributed by atoms with Gasteiger partial charge in [0.15, 0.2) is 0 Å². The maximum Gasteiger partial charge on any atom is 0.247 e. The van der Waals surface area contributed by atoms with Gasteiger partial charge in [-0.15, -0.1) is 0 Å². The third-order valence-corrected chi connectivity index (χ3v) is 5.42. The van der Waals surface area contributed by atoms with E-state index in [9.17, 15) is 9.59 Å². The highest BCUT2D eigenvalue weighted by molar-refractivity contribution is 6.05. The predicted molar refractivity (Wildman–Crippen MR) is 84.0 cm³/mol. The molecule has 24 heavy (non-hydrogen) atoms. The highest BCUT2D eigenvalue weighted by Gasteiger charge is 2.45. The van der Waals surface area contributed by atoms with E-state index in [1.807, 2.05) is 0 Å². The molecule has 3 saturated heterocycles. The molecule has 1 atom stereocenters. The van der Waals surface area contributed by atoms with Crippen molar-refractivity contribution >= 4 is 11.8 Å². The second kappa shape index (κ2) is 6.60. The minimum Gasteiger partial charge on any atom is -0.381 e. The summed E-state index contributed by atoms with van der Waals surface area (Å²) >= 11 is 0. The maximum atomic E-state index is 12.8. The molecule has 130 valence electrons. The number of piperidine rings is 1. The third-order valence-electron chi connectivity index (χ3n) is 5.42. The van der Waals surface area contributed by atoms with Crippen molar-refractivity contribution in [1.82, 2.24) is 24.8 Å². The number of carbonyl (C=O) groups is 2. The smallest absolute Gasteiger partial charge is 0.247 e. The topological polar surface area (TPSA) is 80.6 Å². The quantitative estimate of drug-likeness (QED) is 0.736. The van der Waals surface area contributed by atoms with Crippen molar-refractivity contribution in [2.45, 2.75) is 50.2 Å². The van der Waals surface area contributed by atoms with Crippen molar-refractivity contribution in [2.24, 2.45) is 0 Å². The van der Waals surface area contributed by atoms with Crippen molar-refractivity contribution in [2.75, 3.05) is 26.3 Å². The average molecular weight is 333 g/mol. The Morgan fingerprint density at radius 2 is 1.62 bits per heavy atom.